The van der Waals surface area contributed by atoms with E-state index >= 15 is 0 Å². The number of nitrogens with one attached hydrogen (secondary N) is 3. The number of aromatic hydroxyl groups is 1. The van der Waals surface area contributed by atoms with Crippen LogP contribution < -0.4 is 20.8 Å². The molecule has 0 unspecified atom stereocenters. The molecule has 34 heavy (non-hydrogen) atoms. The zero-order valence-corrected chi connectivity index (χ0v) is 21.4. The van der Waals surface area contributed by atoms with Gasteiger partial charge in [-0.3, -0.25) is 4.79 Å². The van der Waals surface area contributed by atoms with Gasteiger partial charge in [0.25, 0.3) is 5.91 Å². The summed E-state index contributed by atoms with van der Waals surface area (Å²) in [7, 11) is 0. The van der Waals surface area contributed by atoms with Gasteiger partial charge in [0.05, 0.1) is 28.0 Å². The minimum atomic E-state index is -0.609. The van der Waals surface area contributed by atoms with Gasteiger partial charge >= 0.3 is 5.97 Å². The van der Waals surface area contributed by atoms with E-state index in [1.807, 2.05) is 22.6 Å². The number of carbonyl (C=O) groups excluding carboxylic acids is 2. The molecule has 1 heterocycles. The molecule has 2 aromatic carbocycles. The molecule has 0 saturated carbocycles. The first kappa shape index (κ1) is 25.4. The van der Waals surface area contributed by atoms with Crippen LogP contribution in [0.15, 0.2) is 58.8 Å². The highest BCUT2D eigenvalue weighted by molar-refractivity contribution is 14.1. The smallest absolute Gasteiger partial charge is 0.338 e. The number of halogens is 1. The zero-order valence-electron chi connectivity index (χ0n) is 18.4. The molecule has 1 atom stereocenters. The second-order valence-corrected chi connectivity index (χ2v) is 8.69. The van der Waals surface area contributed by atoms with Crippen LogP contribution in [0.25, 0.3) is 0 Å². The average molecular weight is 594 g/mol. The van der Waals surface area contributed by atoms with Crippen molar-refractivity contribution < 1.29 is 24.2 Å². The molecule has 0 fully saturated rings. The Bertz CT molecular complexity index is 1170. The third-order valence-electron chi connectivity index (χ3n) is 4.73. The molecule has 0 aliphatic carbocycles. The van der Waals surface area contributed by atoms with Gasteiger partial charge in [0, 0.05) is 11.3 Å². The summed E-state index contributed by atoms with van der Waals surface area (Å²) in [4.78, 5) is 24.9. The Morgan fingerprint density at radius 3 is 2.79 bits per heavy atom. The molecule has 0 aromatic heterocycles. The molecule has 1 aliphatic heterocycles. The van der Waals surface area contributed by atoms with Crippen LogP contribution in [-0.4, -0.2) is 41.5 Å². The average Bonchev–Trinajstić information content (AvgIpc) is 2.80. The number of allylic oxidation sites excluding steroid dienone is 1. The number of phenolic OH excluding ortho intramolecular Hbond substituents is 1. The first-order chi connectivity index (χ1) is 16.3. The highest BCUT2D eigenvalue weighted by atomic mass is 127. The number of hydrogen-bond acceptors (Lipinski definition) is 7. The van der Waals surface area contributed by atoms with Gasteiger partial charge in [-0.05, 0) is 78.5 Å². The van der Waals surface area contributed by atoms with Gasteiger partial charge in [-0.25, -0.2) is 10.2 Å². The molecule has 9 nitrogen and oxygen atoms in total. The molecule has 178 valence electrons. The number of rotatable bonds is 8. The molecule has 4 N–H and O–H groups in total. The van der Waals surface area contributed by atoms with Gasteiger partial charge in [0.2, 0.25) is 0 Å². The highest BCUT2D eigenvalue weighted by Gasteiger charge is 2.32. The number of ether oxygens (including phenoxy) is 2. The predicted molar refractivity (Wildman–Crippen MR) is 139 cm³/mol. The number of phenols is 1. The summed E-state index contributed by atoms with van der Waals surface area (Å²) in [5.74, 6) is -0.357. The Morgan fingerprint density at radius 2 is 2.06 bits per heavy atom. The molecule has 0 saturated heterocycles. The van der Waals surface area contributed by atoms with Crippen molar-refractivity contribution in [2.45, 2.75) is 19.9 Å². The van der Waals surface area contributed by atoms with Gasteiger partial charge in [-0.15, -0.1) is 0 Å². The summed E-state index contributed by atoms with van der Waals surface area (Å²) in [6.07, 6.45) is 1.46. The van der Waals surface area contributed by atoms with Gasteiger partial charge in [-0.1, -0.05) is 18.2 Å². The second kappa shape index (κ2) is 11.8. The fourth-order valence-corrected chi connectivity index (χ4v) is 4.03. The summed E-state index contributed by atoms with van der Waals surface area (Å²) in [6.45, 7) is 3.41. The van der Waals surface area contributed by atoms with Crippen LogP contribution in [0.3, 0.4) is 0 Å². The number of hydrazone groups is 1. The number of thiocarbonyl (C=S) groups is 1. The van der Waals surface area contributed by atoms with Crippen LogP contribution in [0.5, 0.6) is 11.5 Å². The normalized spacial score (nSPS) is 15.5. The molecule has 2 aromatic rings. The fraction of sp³-hybridized carbons (Fsp3) is 0.217. The molecule has 0 spiro atoms. The first-order valence-electron chi connectivity index (χ1n) is 10.3. The van der Waals surface area contributed by atoms with Crippen LogP contribution >= 0.6 is 34.8 Å². The van der Waals surface area contributed by atoms with Crippen molar-refractivity contribution in [2.75, 3.05) is 13.2 Å². The third kappa shape index (κ3) is 6.44. The lowest BCUT2D eigenvalue weighted by Crippen LogP contribution is -2.45. The molecule has 0 bridgehead atoms. The van der Waals surface area contributed by atoms with Crippen LogP contribution in [0.1, 0.15) is 31.0 Å². The summed E-state index contributed by atoms with van der Waals surface area (Å²) in [5, 5.41) is 19.9. The lowest BCUT2D eigenvalue weighted by Gasteiger charge is -2.30. The summed E-state index contributed by atoms with van der Waals surface area (Å²) in [5.41, 5.74) is 4.71. The topological polar surface area (TPSA) is 121 Å². The number of para-hydroxylation sites is 1. The maximum atomic E-state index is 12.6. The number of esters is 1. The SMILES string of the molecule is CCOC(=O)C1=C(C)NC(=S)N[C@H]1c1ccccc1OCC(=O)NN=Cc1ccc(O)c(I)c1. The van der Waals surface area contributed by atoms with Crippen molar-refractivity contribution >= 4 is 58.0 Å². The lowest BCUT2D eigenvalue weighted by atomic mass is 9.95. The first-order valence-corrected chi connectivity index (χ1v) is 11.8. The Labute approximate surface area is 215 Å². The van der Waals surface area contributed by atoms with E-state index < -0.39 is 17.9 Å². The third-order valence-corrected chi connectivity index (χ3v) is 5.81. The van der Waals surface area contributed by atoms with Crippen LogP contribution in [-0.2, 0) is 14.3 Å². The lowest BCUT2D eigenvalue weighted by molar-refractivity contribution is -0.139. The standard InChI is InChI=1S/C23H23IN4O5S/c1-3-32-22(31)20-13(2)26-23(34)27-21(20)15-6-4-5-7-18(15)33-12-19(30)28-25-11-14-8-9-17(29)16(24)10-14/h4-11,21,29H,3,12H2,1-2H3,(H,28,30)(H2,26,27,34)/t21-/m0/s1. The van der Waals surface area contributed by atoms with E-state index in [0.717, 1.165) is 5.56 Å². The number of hydrogen-bond donors (Lipinski definition) is 4. The van der Waals surface area contributed by atoms with Gasteiger partial charge in [0.15, 0.2) is 11.7 Å². The van der Waals surface area contributed by atoms with Crippen LogP contribution in [0.2, 0.25) is 0 Å². The van der Waals surface area contributed by atoms with Crippen molar-refractivity contribution in [3.05, 3.63) is 68.4 Å². The Morgan fingerprint density at radius 1 is 1.29 bits per heavy atom. The molecule has 1 aliphatic rings. The fourth-order valence-electron chi connectivity index (χ4n) is 3.21. The summed E-state index contributed by atoms with van der Waals surface area (Å²) >= 11 is 7.27. The van der Waals surface area contributed by atoms with Crippen molar-refractivity contribution in [2.24, 2.45) is 5.10 Å². The van der Waals surface area contributed by atoms with Crippen molar-refractivity contribution in [3.8, 4) is 11.5 Å². The monoisotopic (exact) mass is 594 g/mol. The largest absolute Gasteiger partial charge is 0.507 e. The Kier molecular flexibility index (Phi) is 8.82. The number of nitrogens with zero attached hydrogens (tertiary/aromatic N) is 1. The minimum absolute atomic E-state index is 0.175. The zero-order chi connectivity index (χ0) is 24.7. The molecular formula is C23H23IN4O5S. The number of benzene rings is 2. The van der Waals surface area contributed by atoms with Crippen molar-refractivity contribution in [1.82, 2.24) is 16.1 Å². The molecule has 1 amide bonds. The van der Waals surface area contributed by atoms with Gasteiger partial charge < -0.3 is 25.2 Å². The predicted octanol–water partition coefficient (Wildman–Crippen LogP) is 2.88. The van der Waals surface area contributed by atoms with E-state index in [9.17, 15) is 14.7 Å². The van der Waals surface area contributed by atoms with Crippen molar-refractivity contribution in [1.29, 1.82) is 0 Å². The number of carbonyl (C=O) groups is 2. The molecule has 3 rings (SSSR count). The van der Waals surface area contributed by atoms with E-state index in [-0.39, 0.29) is 19.0 Å². The van der Waals surface area contributed by atoms with Crippen LogP contribution in [0, 0.1) is 3.57 Å². The van der Waals surface area contributed by atoms with E-state index in [1.165, 1.54) is 6.21 Å². The maximum Gasteiger partial charge on any atom is 0.338 e. The summed E-state index contributed by atoms with van der Waals surface area (Å²) in [6, 6.07) is 11.4. The second-order valence-electron chi connectivity index (χ2n) is 7.12. The van der Waals surface area contributed by atoms with E-state index in [2.05, 4.69) is 21.2 Å². The Hall–Kier alpha value is -3.19. The molecular weight excluding hydrogens is 571 g/mol. The minimum Gasteiger partial charge on any atom is -0.507 e. The van der Waals surface area contributed by atoms with E-state index in [0.29, 0.717) is 31.3 Å². The van der Waals surface area contributed by atoms with E-state index in [1.54, 1.807) is 56.3 Å². The quantitative estimate of drug-likeness (QED) is 0.121. The summed E-state index contributed by atoms with van der Waals surface area (Å²) < 4.78 is 11.6. The molecule has 11 heteroatoms. The maximum absolute atomic E-state index is 12.6. The van der Waals surface area contributed by atoms with Crippen molar-refractivity contribution in [3.63, 3.8) is 0 Å². The van der Waals surface area contributed by atoms with Gasteiger partial charge in [-0.2, -0.15) is 5.10 Å². The number of amides is 1. The van der Waals surface area contributed by atoms with Gasteiger partial charge in [0.1, 0.15) is 11.5 Å². The highest BCUT2D eigenvalue weighted by Crippen LogP contribution is 2.33. The molecule has 0 radical (unpaired) electrons. The Balaban J connectivity index is 1.71. The van der Waals surface area contributed by atoms with E-state index in [4.69, 9.17) is 21.7 Å². The van der Waals surface area contributed by atoms with Crippen LogP contribution in [0.4, 0.5) is 0 Å².